The van der Waals surface area contributed by atoms with Crippen LogP contribution < -0.4 is 10.9 Å². The quantitative estimate of drug-likeness (QED) is 0.636. The number of methoxy groups -OCH3 is 1. The van der Waals surface area contributed by atoms with Crippen molar-refractivity contribution < 1.29 is 22.7 Å². The summed E-state index contributed by atoms with van der Waals surface area (Å²) in [5.74, 6) is 1.61. The van der Waals surface area contributed by atoms with Gasteiger partial charge in [0.2, 0.25) is 0 Å². The first-order valence-corrected chi connectivity index (χ1v) is 6.84. The fraction of sp³-hybridized carbons (Fsp3) is 0.0625. The number of carbonyl (C=O) groups is 1. The predicted molar refractivity (Wildman–Crippen MR) is 82.9 cm³/mol. The van der Waals surface area contributed by atoms with Crippen molar-refractivity contribution in [1.29, 1.82) is 0 Å². The molecule has 2 rings (SSSR count). The van der Waals surface area contributed by atoms with Gasteiger partial charge in [-0.25, -0.2) is 23.4 Å². The number of benzene rings is 2. The van der Waals surface area contributed by atoms with E-state index in [0.29, 0.717) is 23.4 Å². The average molecular weight is 355 g/mol. The van der Waals surface area contributed by atoms with E-state index in [-0.39, 0.29) is 5.02 Å². The minimum Gasteiger partial charge on any atom is -0.452 e. The lowest BCUT2D eigenvalue weighted by molar-refractivity contribution is 0.173. The zero-order valence-electron chi connectivity index (χ0n) is 12.2. The Hall–Kier alpha value is -2.85. The van der Waals surface area contributed by atoms with Gasteiger partial charge < -0.3 is 4.74 Å². The van der Waals surface area contributed by atoms with Gasteiger partial charge in [0.15, 0.2) is 0 Å². The molecule has 124 valence electrons. The first-order chi connectivity index (χ1) is 11.4. The third-order valence-electron chi connectivity index (χ3n) is 2.79. The maximum Gasteiger partial charge on any atom is 0.425 e. The van der Waals surface area contributed by atoms with E-state index >= 15 is 0 Å². The summed E-state index contributed by atoms with van der Waals surface area (Å²) in [5, 5.41) is 0.274. The molecule has 0 unspecified atom stereocenters. The summed E-state index contributed by atoms with van der Waals surface area (Å²) in [6.45, 7) is 0. The molecule has 8 heteroatoms. The Morgan fingerprint density at radius 1 is 1.12 bits per heavy atom. The first kappa shape index (κ1) is 17.5. The minimum absolute atomic E-state index is 0.274. The van der Waals surface area contributed by atoms with Crippen molar-refractivity contribution >= 4 is 23.4 Å². The van der Waals surface area contributed by atoms with Crippen LogP contribution in [0.1, 0.15) is 11.1 Å². The lowest BCUT2D eigenvalue weighted by atomic mass is 10.1. The van der Waals surface area contributed by atoms with Gasteiger partial charge in [-0.2, -0.15) is 0 Å². The van der Waals surface area contributed by atoms with E-state index in [2.05, 4.69) is 27.4 Å². The molecule has 2 aromatic rings. The molecule has 0 aliphatic rings. The van der Waals surface area contributed by atoms with Crippen LogP contribution in [-0.2, 0) is 4.74 Å². The molecule has 2 aromatic carbocycles. The molecule has 24 heavy (non-hydrogen) atoms. The normalized spacial score (nSPS) is 9.71. The smallest absolute Gasteiger partial charge is 0.425 e. The highest BCUT2D eigenvalue weighted by Crippen LogP contribution is 2.22. The molecule has 0 fully saturated rings. The number of carbonyl (C=O) groups excluding carboxylic acids is 1. The Morgan fingerprint density at radius 2 is 1.79 bits per heavy atom. The first-order valence-electron chi connectivity index (χ1n) is 6.47. The lowest BCUT2D eigenvalue weighted by Gasteiger charge is -2.09. The third-order valence-corrected chi connectivity index (χ3v) is 3.12. The molecule has 0 aliphatic carbocycles. The molecular formula is C16H10ClF3N2O2. The van der Waals surface area contributed by atoms with Crippen LogP contribution in [0.4, 0.5) is 23.7 Å². The van der Waals surface area contributed by atoms with E-state index in [9.17, 15) is 18.0 Å². The molecule has 0 atom stereocenters. The summed E-state index contributed by atoms with van der Waals surface area (Å²) in [7, 11) is 1.19. The number of hydrogen-bond acceptors (Lipinski definition) is 3. The van der Waals surface area contributed by atoms with Crippen LogP contribution in [0.15, 0.2) is 30.3 Å². The van der Waals surface area contributed by atoms with Gasteiger partial charge in [-0.15, -0.1) is 0 Å². The monoisotopic (exact) mass is 354 g/mol. The molecule has 0 saturated carbocycles. The molecule has 0 aliphatic heterocycles. The molecule has 1 amide bonds. The van der Waals surface area contributed by atoms with Crippen molar-refractivity contribution in [1.82, 2.24) is 5.43 Å². The van der Waals surface area contributed by atoms with Gasteiger partial charge in [0.05, 0.1) is 23.4 Å². The van der Waals surface area contributed by atoms with E-state index in [1.165, 1.54) is 25.3 Å². The van der Waals surface area contributed by atoms with Gasteiger partial charge in [0, 0.05) is 17.7 Å². The third kappa shape index (κ3) is 4.33. The summed E-state index contributed by atoms with van der Waals surface area (Å²) in [5.41, 5.74) is 4.83. The molecular weight excluding hydrogens is 345 g/mol. The van der Waals surface area contributed by atoms with Crippen LogP contribution in [0, 0.1) is 29.3 Å². The van der Waals surface area contributed by atoms with Crippen molar-refractivity contribution in [2.24, 2.45) is 0 Å². The fourth-order valence-electron chi connectivity index (χ4n) is 1.66. The van der Waals surface area contributed by atoms with Crippen LogP contribution in [0.3, 0.4) is 0 Å². The van der Waals surface area contributed by atoms with Crippen LogP contribution in [0.5, 0.6) is 0 Å². The second-order valence-electron chi connectivity index (χ2n) is 4.43. The van der Waals surface area contributed by atoms with Crippen molar-refractivity contribution in [3.05, 3.63) is 63.9 Å². The standard InChI is InChI=1S/C16H10ClF3N2O2/c1-24-16(23)22-21-15-6-9(3-5-12(15)17)2-4-11-13(19)7-10(18)8-14(11)20/h3,5-8,21H,1H3,(H,22,23). The van der Waals surface area contributed by atoms with E-state index in [1.807, 2.05) is 0 Å². The number of rotatable bonds is 2. The second-order valence-corrected chi connectivity index (χ2v) is 4.84. The van der Waals surface area contributed by atoms with Crippen LogP contribution in [-0.4, -0.2) is 13.2 Å². The predicted octanol–water partition coefficient (Wildman–Crippen LogP) is 3.84. The number of nitrogens with one attached hydrogen (secondary N) is 2. The molecule has 0 radical (unpaired) electrons. The van der Waals surface area contributed by atoms with E-state index in [4.69, 9.17) is 11.6 Å². The Bertz CT molecular complexity index is 824. The maximum absolute atomic E-state index is 13.5. The maximum atomic E-state index is 13.5. The highest BCUT2D eigenvalue weighted by atomic mass is 35.5. The number of halogens is 4. The highest BCUT2D eigenvalue weighted by Gasteiger charge is 2.09. The van der Waals surface area contributed by atoms with E-state index in [0.717, 1.165) is 0 Å². The molecule has 2 N–H and O–H groups in total. The molecule has 0 saturated heterocycles. The zero-order chi connectivity index (χ0) is 17.7. The van der Waals surface area contributed by atoms with Gasteiger partial charge in [0.25, 0.3) is 0 Å². The fourth-order valence-corrected chi connectivity index (χ4v) is 1.83. The number of hydrogen-bond donors (Lipinski definition) is 2. The second kappa shape index (κ2) is 7.62. The molecule has 4 nitrogen and oxygen atoms in total. The van der Waals surface area contributed by atoms with E-state index in [1.54, 1.807) is 0 Å². The summed E-state index contributed by atoms with van der Waals surface area (Å²) in [6.07, 6.45) is -0.738. The minimum atomic E-state index is -1.10. The van der Waals surface area contributed by atoms with E-state index < -0.39 is 29.1 Å². The molecule has 0 heterocycles. The summed E-state index contributed by atoms with van der Waals surface area (Å²) in [4.78, 5) is 11.0. The van der Waals surface area contributed by atoms with Crippen molar-refractivity contribution in [2.75, 3.05) is 12.5 Å². The SMILES string of the molecule is COC(=O)NNc1cc(C#Cc2c(F)cc(F)cc2F)ccc1Cl. The van der Waals surface area contributed by atoms with Gasteiger partial charge >= 0.3 is 6.09 Å². The van der Waals surface area contributed by atoms with Crippen molar-refractivity contribution in [3.63, 3.8) is 0 Å². The number of hydrazine groups is 1. The Balaban J connectivity index is 2.27. The Morgan fingerprint density at radius 3 is 2.42 bits per heavy atom. The highest BCUT2D eigenvalue weighted by molar-refractivity contribution is 6.33. The lowest BCUT2D eigenvalue weighted by Crippen LogP contribution is -2.29. The largest absolute Gasteiger partial charge is 0.452 e. The van der Waals surface area contributed by atoms with Gasteiger partial charge in [-0.1, -0.05) is 23.4 Å². The van der Waals surface area contributed by atoms with Crippen molar-refractivity contribution in [2.45, 2.75) is 0 Å². The summed E-state index contributed by atoms with van der Waals surface area (Å²) >= 11 is 5.94. The average Bonchev–Trinajstić information content (AvgIpc) is 2.53. The summed E-state index contributed by atoms with van der Waals surface area (Å²) in [6, 6.07) is 5.53. The van der Waals surface area contributed by atoms with Gasteiger partial charge in [-0.3, -0.25) is 5.43 Å². The number of amides is 1. The number of ether oxygens (including phenoxy) is 1. The molecule has 0 bridgehead atoms. The summed E-state index contributed by atoms with van der Waals surface area (Å²) < 4.78 is 44.3. The Kier molecular flexibility index (Phi) is 5.55. The molecule has 0 spiro atoms. The van der Waals surface area contributed by atoms with Crippen LogP contribution in [0.25, 0.3) is 0 Å². The van der Waals surface area contributed by atoms with Crippen LogP contribution >= 0.6 is 11.6 Å². The van der Waals surface area contributed by atoms with Crippen LogP contribution in [0.2, 0.25) is 5.02 Å². The van der Waals surface area contributed by atoms with Gasteiger partial charge in [-0.05, 0) is 18.2 Å². The topological polar surface area (TPSA) is 50.4 Å². The molecule has 0 aromatic heterocycles. The zero-order valence-corrected chi connectivity index (χ0v) is 13.0. The number of anilines is 1. The van der Waals surface area contributed by atoms with Gasteiger partial charge in [0.1, 0.15) is 17.5 Å². The Labute approximate surface area is 140 Å². The van der Waals surface area contributed by atoms with Crippen molar-refractivity contribution in [3.8, 4) is 11.8 Å².